The Morgan fingerprint density at radius 2 is 2.06 bits per heavy atom. The summed E-state index contributed by atoms with van der Waals surface area (Å²) in [6.07, 6.45) is 6.41. The summed E-state index contributed by atoms with van der Waals surface area (Å²) in [6, 6.07) is -1.51. The van der Waals surface area contributed by atoms with E-state index in [9.17, 15) is 19.5 Å². The van der Waals surface area contributed by atoms with E-state index in [1.165, 1.54) is 4.90 Å². The maximum Gasteiger partial charge on any atom is 0.312 e. The monoisotopic (exact) mass is 568 g/mol. The number of amides is 2. The van der Waals surface area contributed by atoms with Gasteiger partial charge in [0.15, 0.2) is 0 Å². The van der Waals surface area contributed by atoms with Crippen LogP contribution in [0.5, 0.6) is 0 Å². The first-order chi connectivity index (χ1) is 17.2. The number of nitrogens with zero attached hydrogens (tertiary/aromatic N) is 2. The lowest BCUT2D eigenvalue weighted by Crippen LogP contribution is -2.60. The number of allylic oxidation sites excluding steroid dienone is 1. The van der Waals surface area contributed by atoms with Crippen LogP contribution in [-0.4, -0.2) is 87.6 Å². The summed E-state index contributed by atoms with van der Waals surface area (Å²) < 4.78 is 12.1. The fourth-order valence-corrected chi connectivity index (χ4v) is 7.00. The minimum atomic E-state index is -1.16. The molecule has 0 aliphatic carbocycles. The number of likely N-dealkylation sites (tertiary alicyclic amines) is 1. The summed E-state index contributed by atoms with van der Waals surface area (Å²) in [6.45, 7) is 14.2. The van der Waals surface area contributed by atoms with Crippen molar-refractivity contribution in [2.24, 2.45) is 17.8 Å². The maximum absolute atomic E-state index is 14.2. The molecule has 202 valence electrons. The van der Waals surface area contributed by atoms with Gasteiger partial charge in [-0.25, -0.2) is 0 Å². The summed E-state index contributed by atoms with van der Waals surface area (Å²) >= 11 is 3.67. The number of fused-ring (bicyclic) bond motifs is 1. The molecule has 9 heteroatoms. The zero-order valence-corrected chi connectivity index (χ0v) is 23.3. The van der Waals surface area contributed by atoms with Crippen LogP contribution in [-0.2, 0) is 23.9 Å². The molecule has 0 aromatic rings. The van der Waals surface area contributed by atoms with E-state index in [1.54, 1.807) is 17.1 Å². The lowest BCUT2D eigenvalue weighted by atomic mass is 9.70. The molecular weight excluding hydrogens is 528 g/mol. The van der Waals surface area contributed by atoms with Crippen LogP contribution in [0.15, 0.2) is 25.3 Å². The van der Waals surface area contributed by atoms with Gasteiger partial charge in [-0.2, -0.15) is 0 Å². The Labute approximate surface area is 223 Å². The highest BCUT2D eigenvalue weighted by Gasteiger charge is 2.77. The van der Waals surface area contributed by atoms with E-state index in [0.29, 0.717) is 25.9 Å². The molecule has 0 radical (unpaired) electrons. The molecule has 1 N–H and O–H groups in total. The van der Waals surface area contributed by atoms with Crippen molar-refractivity contribution in [2.75, 3.05) is 26.3 Å². The normalized spacial score (nSPS) is 31.4. The SMILES string of the molecule is C=CCCCOC(=O)[C@H]1[C@H]2C(=O)N([C@@H](CO)C(C)C)C(C(=O)N(CC=C)CCCC)C23CC(Br)[C@@H]1O3. The molecule has 3 aliphatic heterocycles. The first-order valence-corrected chi connectivity index (χ1v) is 14.0. The van der Waals surface area contributed by atoms with Crippen molar-refractivity contribution in [2.45, 2.75) is 81.5 Å². The number of aliphatic hydroxyl groups is 1. The summed E-state index contributed by atoms with van der Waals surface area (Å²) in [5.41, 5.74) is -1.16. The molecule has 3 fully saturated rings. The van der Waals surface area contributed by atoms with Crippen molar-refractivity contribution >= 4 is 33.7 Å². The number of esters is 1. The molecule has 1 spiro atoms. The topological polar surface area (TPSA) is 96.4 Å². The van der Waals surface area contributed by atoms with Gasteiger partial charge in [0.1, 0.15) is 11.6 Å². The zero-order chi connectivity index (χ0) is 26.6. The number of carbonyl (C=O) groups is 3. The van der Waals surface area contributed by atoms with Gasteiger partial charge in [-0.3, -0.25) is 14.4 Å². The van der Waals surface area contributed by atoms with Crippen molar-refractivity contribution in [1.82, 2.24) is 9.80 Å². The molecule has 3 unspecified atom stereocenters. The average Bonchev–Trinajstić information content (AvgIpc) is 3.43. The summed E-state index contributed by atoms with van der Waals surface area (Å²) in [4.78, 5) is 44.6. The smallest absolute Gasteiger partial charge is 0.312 e. The number of unbranched alkanes of at least 4 members (excludes halogenated alkanes) is 2. The van der Waals surface area contributed by atoms with Gasteiger partial charge in [-0.05, 0) is 31.6 Å². The maximum atomic E-state index is 14.2. The van der Waals surface area contributed by atoms with Crippen molar-refractivity contribution < 1.29 is 29.0 Å². The number of hydrogen-bond donors (Lipinski definition) is 1. The lowest BCUT2D eigenvalue weighted by molar-refractivity contribution is -0.157. The minimum absolute atomic E-state index is 0.103. The van der Waals surface area contributed by atoms with Crippen molar-refractivity contribution in [3.63, 3.8) is 0 Å². The van der Waals surface area contributed by atoms with E-state index in [-0.39, 0.29) is 35.8 Å². The molecule has 0 saturated carbocycles. The van der Waals surface area contributed by atoms with Gasteiger partial charge in [0.05, 0.1) is 37.2 Å². The molecule has 3 heterocycles. The quantitative estimate of drug-likeness (QED) is 0.150. The highest BCUT2D eigenvalue weighted by atomic mass is 79.9. The summed E-state index contributed by atoms with van der Waals surface area (Å²) in [5.74, 6) is -2.75. The minimum Gasteiger partial charge on any atom is -0.465 e. The second-order valence-corrected chi connectivity index (χ2v) is 11.6. The predicted molar refractivity (Wildman–Crippen MR) is 140 cm³/mol. The molecule has 2 bridgehead atoms. The van der Waals surface area contributed by atoms with Crippen LogP contribution < -0.4 is 0 Å². The van der Waals surface area contributed by atoms with Crippen LogP contribution >= 0.6 is 15.9 Å². The first-order valence-electron chi connectivity index (χ1n) is 13.1. The summed E-state index contributed by atoms with van der Waals surface area (Å²) in [5, 5.41) is 10.3. The van der Waals surface area contributed by atoms with E-state index >= 15 is 0 Å². The molecule has 0 aromatic carbocycles. The Balaban J connectivity index is 2.03. The number of hydrogen-bond acceptors (Lipinski definition) is 6. The van der Waals surface area contributed by atoms with Crippen LogP contribution in [0.4, 0.5) is 0 Å². The van der Waals surface area contributed by atoms with E-state index in [0.717, 1.165) is 19.3 Å². The molecule has 3 saturated heterocycles. The van der Waals surface area contributed by atoms with E-state index < -0.39 is 41.6 Å². The Bertz CT molecular complexity index is 850. The number of rotatable bonds is 14. The van der Waals surface area contributed by atoms with Crippen molar-refractivity contribution in [1.29, 1.82) is 0 Å². The highest BCUT2D eigenvalue weighted by Crippen LogP contribution is 2.61. The van der Waals surface area contributed by atoms with Gasteiger partial charge in [0.2, 0.25) is 11.8 Å². The highest BCUT2D eigenvalue weighted by molar-refractivity contribution is 9.09. The first kappa shape index (κ1) is 28.9. The van der Waals surface area contributed by atoms with Gasteiger partial charge in [0.25, 0.3) is 0 Å². The molecule has 7 atom stereocenters. The van der Waals surface area contributed by atoms with Crippen molar-refractivity contribution in [3.05, 3.63) is 25.3 Å². The van der Waals surface area contributed by atoms with Gasteiger partial charge in [0, 0.05) is 17.9 Å². The van der Waals surface area contributed by atoms with Gasteiger partial charge >= 0.3 is 5.97 Å². The van der Waals surface area contributed by atoms with Gasteiger partial charge in [-0.1, -0.05) is 55.3 Å². The van der Waals surface area contributed by atoms with Crippen LogP contribution in [0.25, 0.3) is 0 Å². The third-order valence-corrected chi connectivity index (χ3v) is 8.63. The third-order valence-electron chi connectivity index (χ3n) is 7.79. The van der Waals surface area contributed by atoms with E-state index in [4.69, 9.17) is 9.47 Å². The number of ether oxygens (including phenoxy) is 2. The van der Waals surface area contributed by atoms with Crippen LogP contribution in [0.3, 0.4) is 0 Å². The molecule has 8 nitrogen and oxygen atoms in total. The average molecular weight is 570 g/mol. The molecule has 0 aromatic heterocycles. The Morgan fingerprint density at radius 3 is 2.64 bits per heavy atom. The second-order valence-electron chi connectivity index (χ2n) is 10.4. The standard InChI is InChI=1S/C27H41BrN2O6/c1-6-9-11-14-35-26(34)20-21-24(32)30(19(16-31)17(4)5)23(27(21)15-18(28)22(20)36-27)25(33)29(12-8-3)13-10-7-2/h6,8,17-23,31H,1,3,7,9-16H2,2,4-5H3/t18?,19-,20-,21-,22-,23?,27?/m0/s1. The van der Waals surface area contributed by atoms with Crippen LogP contribution in [0, 0.1) is 17.8 Å². The van der Waals surface area contributed by atoms with Crippen LogP contribution in [0.2, 0.25) is 0 Å². The number of aliphatic hydroxyl groups excluding tert-OH is 1. The molecule has 3 rings (SSSR count). The third kappa shape index (κ3) is 5.03. The van der Waals surface area contributed by atoms with Gasteiger partial charge < -0.3 is 24.4 Å². The molecule has 36 heavy (non-hydrogen) atoms. The van der Waals surface area contributed by atoms with Crippen LogP contribution in [0.1, 0.15) is 52.9 Å². The summed E-state index contributed by atoms with van der Waals surface area (Å²) in [7, 11) is 0. The predicted octanol–water partition coefficient (Wildman–Crippen LogP) is 3.08. The second kappa shape index (κ2) is 12.2. The van der Waals surface area contributed by atoms with Crippen molar-refractivity contribution in [3.8, 4) is 0 Å². The Morgan fingerprint density at radius 1 is 1.33 bits per heavy atom. The van der Waals surface area contributed by atoms with E-state index in [1.807, 2.05) is 13.8 Å². The number of halogens is 1. The molecule has 2 amide bonds. The largest absolute Gasteiger partial charge is 0.465 e. The number of carbonyl (C=O) groups excluding carboxylic acids is 3. The zero-order valence-electron chi connectivity index (χ0n) is 21.7. The number of alkyl halides is 1. The Kier molecular flexibility index (Phi) is 9.80. The molecular formula is C27H41BrN2O6. The van der Waals surface area contributed by atoms with Gasteiger partial charge in [-0.15, -0.1) is 13.2 Å². The fourth-order valence-electron chi connectivity index (χ4n) is 6.06. The molecule has 3 aliphatic rings. The lowest BCUT2D eigenvalue weighted by Gasteiger charge is -2.40. The fraction of sp³-hybridized carbons (Fsp3) is 0.741. The van der Waals surface area contributed by atoms with E-state index in [2.05, 4.69) is 36.0 Å². The Hall–Kier alpha value is -1.71.